The Kier molecular flexibility index (Phi) is 11.7. The molecule has 0 aliphatic rings. The van der Waals surface area contributed by atoms with Crippen molar-refractivity contribution >= 4 is 29.9 Å². The number of methoxy groups -OCH3 is 1. The molecule has 0 saturated heterocycles. The second kappa shape index (κ2) is 13.4. The molecule has 2 N–H and O–H groups in total. The van der Waals surface area contributed by atoms with E-state index in [9.17, 15) is 4.79 Å². The first-order valence-corrected chi connectivity index (χ1v) is 9.83. The maximum atomic E-state index is 11.2. The number of benzene rings is 2. The second-order valence-corrected chi connectivity index (χ2v) is 7.14. The Hall–Kier alpha value is -1.79. The summed E-state index contributed by atoms with van der Waals surface area (Å²) in [5, 5.41) is 6.72. The molecule has 1 amide bonds. The van der Waals surface area contributed by atoms with E-state index in [4.69, 9.17) is 21.1 Å². The summed E-state index contributed by atoms with van der Waals surface area (Å²) in [6.45, 7) is 3.85. The van der Waals surface area contributed by atoms with E-state index in [2.05, 4.69) is 17.6 Å². The van der Waals surface area contributed by atoms with E-state index in [1.54, 1.807) is 14.2 Å². The van der Waals surface area contributed by atoms with Gasteiger partial charge in [0, 0.05) is 25.7 Å². The van der Waals surface area contributed by atoms with E-state index in [0.717, 1.165) is 30.1 Å². The van der Waals surface area contributed by atoms with Crippen LogP contribution in [0.1, 0.15) is 36.5 Å². The zero-order valence-electron chi connectivity index (χ0n) is 17.1. The molecule has 2 unspecified atom stereocenters. The Morgan fingerprint density at radius 1 is 1.14 bits per heavy atom. The van der Waals surface area contributed by atoms with Crippen molar-refractivity contribution in [2.45, 2.75) is 25.4 Å². The van der Waals surface area contributed by atoms with Gasteiger partial charge >= 0.3 is 0 Å². The maximum absolute atomic E-state index is 11.2. The molecule has 0 saturated carbocycles. The SMILES string of the molecule is CNC(=O)COc1ccc(C(C)CCNCC(OC)c2cccc(Cl)c2)cc1.Cl. The molecule has 2 atom stereocenters. The van der Waals surface area contributed by atoms with Gasteiger partial charge in [-0.1, -0.05) is 42.8 Å². The van der Waals surface area contributed by atoms with Crippen molar-refractivity contribution in [3.05, 3.63) is 64.7 Å². The second-order valence-electron chi connectivity index (χ2n) is 6.70. The quantitative estimate of drug-likeness (QED) is 0.509. The van der Waals surface area contributed by atoms with Gasteiger partial charge in [0.15, 0.2) is 6.61 Å². The Labute approximate surface area is 184 Å². The highest BCUT2D eigenvalue weighted by molar-refractivity contribution is 6.30. The third kappa shape index (κ3) is 8.62. The van der Waals surface area contributed by atoms with E-state index in [-0.39, 0.29) is 31.0 Å². The molecule has 2 rings (SSSR count). The fraction of sp³-hybridized carbons (Fsp3) is 0.409. The first kappa shape index (κ1) is 25.2. The molecule has 2 aromatic carbocycles. The van der Waals surface area contributed by atoms with Crippen molar-refractivity contribution in [2.24, 2.45) is 0 Å². The van der Waals surface area contributed by atoms with Gasteiger partial charge in [-0.2, -0.15) is 0 Å². The van der Waals surface area contributed by atoms with Crippen LogP contribution >= 0.6 is 24.0 Å². The van der Waals surface area contributed by atoms with Gasteiger partial charge in [-0.3, -0.25) is 4.79 Å². The summed E-state index contributed by atoms with van der Waals surface area (Å²) in [5.41, 5.74) is 2.31. The van der Waals surface area contributed by atoms with E-state index in [0.29, 0.717) is 11.7 Å². The van der Waals surface area contributed by atoms with Gasteiger partial charge in [-0.05, 0) is 54.3 Å². The number of rotatable bonds is 11. The van der Waals surface area contributed by atoms with Crippen molar-refractivity contribution in [1.82, 2.24) is 10.6 Å². The summed E-state index contributed by atoms with van der Waals surface area (Å²) in [4.78, 5) is 11.2. The Balaban J connectivity index is 0.00000420. The lowest BCUT2D eigenvalue weighted by Crippen LogP contribution is -2.25. The zero-order chi connectivity index (χ0) is 20.4. The van der Waals surface area contributed by atoms with E-state index in [1.165, 1.54) is 5.56 Å². The molecular weight excluding hydrogens is 411 g/mol. The van der Waals surface area contributed by atoms with Gasteiger partial charge in [-0.15, -0.1) is 12.4 Å². The van der Waals surface area contributed by atoms with Gasteiger partial charge in [0.05, 0.1) is 6.10 Å². The number of likely N-dealkylation sites (N-methyl/N-ethyl adjacent to an activating group) is 1. The summed E-state index contributed by atoms with van der Waals surface area (Å²) < 4.78 is 11.0. The van der Waals surface area contributed by atoms with Crippen LogP contribution in [-0.4, -0.2) is 39.8 Å². The van der Waals surface area contributed by atoms with Crippen LogP contribution in [0.5, 0.6) is 5.75 Å². The monoisotopic (exact) mass is 440 g/mol. The highest BCUT2D eigenvalue weighted by Crippen LogP contribution is 2.22. The summed E-state index contributed by atoms with van der Waals surface area (Å²) in [6, 6.07) is 15.7. The van der Waals surface area contributed by atoms with Gasteiger partial charge in [0.25, 0.3) is 5.91 Å². The average molecular weight is 441 g/mol. The molecule has 0 heterocycles. The Morgan fingerprint density at radius 3 is 2.48 bits per heavy atom. The number of carbonyl (C=O) groups is 1. The molecule has 2 aromatic rings. The Morgan fingerprint density at radius 2 is 1.86 bits per heavy atom. The van der Waals surface area contributed by atoms with Crippen LogP contribution in [0.25, 0.3) is 0 Å². The van der Waals surface area contributed by atoms with Crippen molar-refractivity contribution in [1.29, 1.82) is 0 Å². The normalized spacial score (nSPS) is 12.6. The van der Waals surface area contributed by atoms with Crippen LogP contribution < -0.4 is 15.4 Å². The number of halogens is 2. The summed E-state index contributed by atoms with van der Waals surface area (Å²) >= 11 is 6.07. The summed E-state index contributed by atoms with van der Waals surface area (Å²) in [7, 11) is 3.30. The van der Waals surface area contributed by atoms with Crippen LogP contribution in [-0.2, 0) is 9.53 Å². The number of nitrogens with one attached hydrogen (secondary N) is 2. The number of amides is 1. The van der Waals surface area contributed by atoms with Gasteiger partial charge < -0.3 is 20.1 Å². The van der Waals surface area contributed by atoms with Gasteiger partial charge in [0.2, 0.25) is 0 Å². The van der Waals surface area contributed by atoms with E-state index in [1.807, 2.05) is 48.5 Å². The molecule has 0 spiro atoms. The predicted molar refractivity (Wildman–Crippen MR) is 120 cm³/mol. The molecule has 160 valence electrons. The molecule has 5 nitrogen and oxygen atoms in total. The highest BCUT2D eigenvalue weighted by Gasteiger charge is 2.11. The van der Waals surface area contributed by atoms with Gasteiger partial charge in [-0.25, -0.2) is 0 Å². The lowest BCUT2D eigenvalue weighted by molar-refractivity contribution is -0.122. The number of carbonyl (C=O) groups excluding carboxylic acids is 1. The third-order valence-corrected chi connectivity index (χ3v) is 4.92. The molecule has 0 radical (unpaired) electrons. The topological polar surface area (TPSA) is 59.6 Å². The third-order valence-electron chi connectivity index (χ3n) is 4.69. The van der Waals surface area contributed by atoms with E-state index >= 15 is 0 Å². The van der Waals surface area contributed by atoms with Crippen LogP contribution in [0, 0.1) is 0 Å². The van der Waals surface area contributed by atoms with Gasteiger partial charge in [0.1, 0.15) is 5.75 Å². The predicted octanol–water partition coefficient (Wildman–Crippen LogP) is 4.36. The summed E-state index contributed by atoms with van der Waals surface area (Å²) in [6.07, 6.45) is 0.982. The summed E-state index contributed by atoms with van der Waals surface area (Å²) in [5.74, 6) is 0.963. The average Bonchev–Trinajstić information content (AvgIpc) is 2.72. The molecule has 0 bridgehead atoms. The van der Waals surface area contributed by atoms with Crippen molar-refractivity contribution < 1.29 is 14.3 Å². The first-order chi connectivity index (χ1) is 13.5. The molecular formula is C22H30Cl2N2O3. The van der Waals surface area contributed by atoms with Crippen molar-refractivity contribution in [3.8, 4) is 5.75 Å². The van der Waals surface area contributed by atoms with Crippen molar-refractivity contribution in [3.63, 3.8) is 0 Å². The van der Waals surface area contributed by atoms with Crippen LogP contribution in [0.15, 0.2) is 48.5 Å². The lowest BCUT2D eigenvalue weighted by atomic mass is 9.98. The molecule has 0 aromatic heterocycles. The number of hydrogen-bond donors (Lipinski definition) is 2. The molecule has 0 aliphatic carbocycles. The van der Waals surface area contributed by atoms with Crippen LogP contribution in [0.2, 0.25) is 5.02 Å². The number of ether oxygens (including phenoxy) is 2. The van der Waals surface area contributed by atoms with Crippen molar-refractivity contribution in [2.75, 3.05) is 33.9 Å². The largest absolute Gasteiger partial charge is 0.484 e. The first-order valence-electron chi connectivity index (χ1n) is 9.45. The standard InChI is InChI=1S/C22H29ClN2O3.ClH/c1-16(17-7-9-20(10-8-17)28-15-22(26)24-2)11-12-25-14-21(27-3)18-5-4-6-19(23)13-18;/h4-10,13,16,21,25H,11-12,14-15H2,1-3H3,(H,24,26);1H. The zero-order valence-corrected chi connectivity index (χ0v) is 18.7. The highest BCUT2D eigenvalue weighted by atomic mass is 35.5. The van der Waals surface area contributed by atoms with Crippen LogP contribution in [0.4, 0.5) is 0 Å². The number of hydrogen-bond acceptors (Lipinski definition) is 4. The minimum Gasteiger partial charge on any atom is -0.484 e. The van der Waals surface area contributed by atoms with E-state index < -0.39 is 0 Å². The smallest absolute Gasteiger partial charge is 0.257 e. The molecule has 0 fully saturated rings. The maximum Gasteiger partial charge on any atom is 0.257 e. The molecule has 7 heteroatoms. The lowest BCUT2D eigenvalue weighted by Gasteiger charge is -2.18. The fourth-order valence-electron chi connectivity index (χ4n) is 2.88. The van der Waals surface area contributed by atoms with Crippen LogP contribution in [0.3, 0.4) is 0 Å². The minimum atomic E-state index is -0.143. The molecule has 0 aliphatic heterocycles. The molecule has 29 heavy (non-hydrogen) atoms. The fourth-order valence-corrected chi connectivity index (χ4v) is 3.07. The Bertz CT molecular complexity index is 741. The minimum absolute atomic E-state index is 0.